The Balaban J connectivity index is 1.89. The Hall–Kier alpha value is -3.35. The lowest BCUT2D eigenvalue weighted by atomic mass is 10.1. The van der Waals surface area contributed by atoms with Crippen LogP contribution in [0.3, 0.4) is 0 Å². The first-order valence-corrected chi connectivity index (χ1v) is 7.42. The predicted octanol–water partition coefficient (Wildman–Crippen LogP) is 3.19. The summed E-state index contributed by atoms with van der Waals surface area (Å²) >= 11 is 0. The lowest BCUT2D eigenvalue weighted by Gasteiger charge is -2.03. The number of carbonyl (C=O) groups excluding carboxylic acids is 3. The molecule has 0 aliphatic heterocycles. The van der Waals surface area contributed by atoms with E-state index in [-0.39, 0.29) is 5.56 Å². The van der Waals surface area contributed by atoms with Gasteiger partial charge >= 0.3 is 11.9 Å². The largest absolute Gasteiger partial charge is 0.465 e. The van der Waals surface area contributed by atoms with Crippen molar-refractivity contribution in [1.29, 1.82) is 0 Å². The van der Waals surface area contributed by atoms with Gasteiger partial charge in [0.1, 0.15) is 0 Å². The van der Waals surface area contributed by atoms with E-state index in [1.165, 1.54) is 25.3 Å². The number of halogens is 2. The van der Waals surface area contributed by atoms with Gasteiger partial charge in [0.15, 0.2) is 24.0 Å². The number of carbonyl (C=O) groups is 3. The molecule has 134 valence electrons. The topological polar surface area (TPSA) is 69.7 Å². The molecule has 2 rings (SSSR count). The second kappa shape index (κ2) is 8.66. The molecule has 2 aromatic rings. The summed E-state index contributed by atoms with van der Waals surface area (Å²) in [6.45, 7) is -0.602. The maximum Gasteiger partial charge on any atom is 0.337 e. The molecule has 0 spiro atoms. The average Bonchev–Trinajstić information content (AvgIpc) is 2.66. The van der Waals surface area contributed by atoms with Gasteiger partial charge < -0.3 is 9.47 Å². The van der Waals surface area contributed by atoms with E-state index in [9.17, 15) is 23.2 Å². The molecule has 0 bridgehead atoms. The SMILES string of the molecule is COC(=O)c1ccc(/C=C/C(=O)OCC(=O)c2ccc(F)c(F)c2)cc1. The summed E-state index contributed by atoms with van der Waals surface area (Å²) in [7, 11) is 1.27. The third-order valence-corrected chi connectivity index (χ3v) is 3.33. The molecule has 0 heterocycles. The second-order valence-electron chi connectivity index (χ2n) is 5.11. The number of hydrogen-bond donors (Lipinski definition) is 0. The summed E-state index contributed by atoms with van der Waals surface area (Å²) in [5.41, 5.74) is 0.893. The van der Waals surface area contributed by atoms with Gasteiger partial charge in [-0.15, -0.1) is 0 Å². The van der Waals surface area contributed by atoms with Crippen LogP contribution in [-0.4, -0.2) is 31.4 Å². The van der Waals surface area contributed by atoms with Gasteiger partial charge in [-0.1, -0.05) is 12.1 Å². The minimum absolute atomic E-state index is 0.0981. The summed E-state index contributed by atoms with van der Waals surface area (Å²) < 4.78 is 35.2. The van der Waals surface area contributed by atoms with E-state index in [4.69, 9.17) is 4.74 Å². The van der Waals surface area contributed by atoms with Crippen LogP contribution in [0.2, 0.25) is 0 Å². The highest BCUT2D eigenvalue weighted by atomic mass is 19.2. The van der Waals surface area contributed by atoms with Gasteiger partial charge in [0.2, 0.25) is 0 Å². The van der Waals surface area contributed by atoms with E-state index in [1.54, 1.807) is 12.1 Å². The minimum atomic E-state index is -1.16. The van der Waals surface area contributed by atoms with Crippen LogP contribution in [0.25, 0.3) is 6.08 Å². The number of hydrogen-bond acceptors (Lipinski definition) is 5. The molecular formula is C19H14F2O5. The standard InChI is InChI=1S/C19H14F2O5/c1-25-19(24)13-5-2-12(3-6-13)4-9-18(23)26-11-17(22)14-7-8-15(20)16(21)10-14/h2-10H,11H2,1H3/b9-4+. The molecule has 0 fully saturated rings. The van der Waals surface area contributed by atoms with Gasteiger partial charge in [-0.3, -0.25) is 4.79 Å². The number of esters is 2. The zero-order valence-corrected chi connectivity index (χ0v) is 13.7. The fourth-order valence-corrected chi connectivity index (χ4v) is 1.95. The van der Waals surface area contributed by atoms with Crippen molar-refractivity contribution in [2.75, 3.05) is 13.7 Å². The van der Waals surface area contributed by atoms with Crippen molar-refractivity contribution in [3.8, 4) is 0 Å². The Labute approximate surface area is 147 Å². The van der Waals surface area contributed by atoms with Crippen LogP contribution in [0.1, 0.15) is 26.3 Å². The number of rotatable bonds is 6. The summed E-state index contributed by atoms with van der Waals surface area (Å²) in [6.07, 6.45) is 2.54. The minimum Gasteiger partial charge on any atom is -0.465 e. The Morgan fingerprint density at radius 1 is 0.962 bits per heavy atom. The van der Waals surface area contributed by atoms with E-state index in [0.717, 1.165) is 24.3 Å². The molecule has 0 aliphatic rings. The van der Waals surface area contributed by atoms with Crippen LogP contribution in [0, 0.1) is 11.6 Å². The third kappa shape index (κ3) is 5.07. The van der Waals surface area contributed by atoms with Crippen LogP contribution in [-0.2, 0) is 14.3 Å². The molecule has 0 aromatic heterocycles. The van der Waals surface area contributed by atoms with E-state index in [2.05, 4.69) is 4.74 Å². The van der Waals surface area contributed by atoms with Crippen molar-refractivity contribution in [2.45, 2.75) is 0 Å². The zero-order chi connectivity index (χ0) is 19.1. The highest BCUT2D eigenvalue weighted by molar-refractivity contribution is 5.99. The molecule has 7 heteroatoms. The summed E-state index contributed by atoms with van der Waals surface area (Å²) in [6, 6.07) is 8.93. The van der Waals surface area contributed by atoms with Gasteiger partial charge in [-0.25, -0.2) is 18.4 Å². The molecule has 0 unspecified atom stereocenters. The van der Waals surface area contributed by atoms with Crippen LogP contribution in [0.4, 0.5) is 8.78 Å². The van der Waals surface area contributed by atoms with E-state index < -0.39 is 36.0 Å². The lowest BCUT2D eigenvalue weighted by Crippen LogP contribution is -2.13. The maximum absolute atomic E-state index is 13.1. The Bertz CT molecular complexity index is 857. The molecule has 0 aliphatic carbocycles. The summed E-state index contributed by atoms with van der Waals surface area (Å²) in [5.74, 6) is -4.14. The number of benzene rings is 2. The molecular weight excluding hydrogens is 346 g/mol. The van der Waals surface area contributed by atoms with Crippen LogP contribution >= 0.6 is 0 Å². The summed E-state index contributed by atoms with van der Waals surface area (Å²) in [4.78, 5) is 34.7. The van der Waals surface area contributed by atoms with Gasteiger partial charge in [0, 0.05) is 11.6 Å². The number of ether oxygens (including phenoxy) is 2. The zero-order valence-electron chi connectivity index (χ0n) is 13.7. The molecule has 0 radical (unpaired) electrons. The molecule has 5 nitrogen and oxygen atoms in total. The molecule has 0 atom stereocenters. The first-order chi connectivity index (χ1) is 12.4. The quantitative estimate of drug-likeness (QED) is 0.450. The van der Waals surface area contributed by atoms with Crippen molar-refractivity contribution in [3.05, 3.63) is 76.9 Å². The van der Waals surface area contributed by atoms with Gasteiger partial charge in [0.05, 0.1) is 12.7 Å². The van der Waals surface area contributed by atoms with Crippen molar-refractivity contribution < 1.29 is 32.6 Å². The fraction of sp³-hybridized carbons (Fsp3) is 0.105. The predicted molar refractivity (Wildman–Crippen MR) is 88.5 cm³/mol. The fourth-order valence-electron chi connectivity index (χ4n) is 1.95. The molecule has 0 saturated carbocycles. The Kier molecular flexibility index (Phi) is 6.32. The monoisotopic (exact) mass is 360 g/mol. The Morgan fingerprint density at radius 2 is 1.62 bits per heavy atom. The third-order valence-electron chi connectivity index (χ3n) is 3.33. The van der Waals surface area contributed by atoms with Crippen molar-refractivity contribution in [1.82, 2.24) is 0 Å². The number of Topliss-reactive ketones (excluding diaryl/α,β-unsaturated/α-hetero) is 1. The van der Waals surface area contributed by atoms with Gasteiger partial charge in [0.25, 0.3) is 0 Å². The second-order valence-corrected chi connectivity index (χ2v) is 5.11. The molecule has 0 amide bonds. The first-order valence-electron chi connectivity index (χ1n) is 7.42. The van der Waals surface area contributed by atoms with Crippen molar-refractivity contribution in [2.24, 2.45) is 0 Å². The van der Waals surface area contributed by atoms with Gasteiger partial charge in [-0.05, 0) is 42.0 Å². The first kappa shape index (κ1) is 19.0. The van der Waals surface area contributed by atoms with Crippen molar-refractivity contribution >= 4 is 23.8 Å². The molecule has 0 saturated heterocycles. The van der Waals surface area contributed by atoms with E-state index in [0.29, 0.717) is 11.1 Å². The smallest absolute Gasteiger partial charge is 0.337 e. The van der Waals surface area contributed by atoms with Crippen LogP contribution in [0.15, 0.2) is 48.5 Å². The lowest BCUT2D eigenvalue weighted by molar-refractivity contribution is -0.136. The van der Waals surface area contributed by atoms with Crippen molar-refractivity contribution in [3.63, 3.8) is 0 Å². The molecule has 0 N–H and O–H groups in total. The van der Waals surface area contributed by atoms with Crippen LogP contribution < -0.4 is 0 Å². The highest BCUT2D eigenvalue weighted by Crippen LogP contribution is 2.10. The van der Waals surface area contributed by atoms with E-state index >= 15 is 0 Å². The summed E-state index contributed by atoms with van der Waals surface area (Å²) in [5, 5.41) is 0. The maximum atomic E-state index is 13.1. The average molecular weight is 360 g/mol. The van der Waals surface area contributed by atoms with Crippen LogP contribution in [0.5, 0.6) is 0 Å². The van der Waals surface area contributed by atoms with E-state index in [1.807, 2.05) is 0 Å². The van der Waals surface area contributed by atoms with Gasteiger partial charge in [-0.2, -0.15) is 0 Å². The molecule has 2 aromatic carbocycles. The normalized spacial score (nSPS) is 10.6. The number of ketones is 1. The Morgan fingerprint density at radius 3 is 2.23 bits per heavy atom. The number of methoxy groups -OCH3 is 1. The highest BCUT2D eigenvalue weighted by Gasteiger charge is 2.11. The molecule has 26 heavy (non-hydrogen) atoms.